The molecule has 1 aromatic heterocycles. The third-order valence-corrected chi connectivity index (χ3v) is 5.76. The predicted octanol–water partition coefficient (Wildman–Crippen LogP) is 5.28. The van der Waals surface area contributed by atoms with Gasteiger partial charge in [0, 0.05) is 35.6 Å². The molecule has 158 valence electrons. The molecule has 0 bridgehead atoms. The van der Waals surface area contributed by atoms with Crippen molar-refractivity contribution in [2.75, 3.05) is 0 Å². The fourth-order valence-corrected chi connectivity index (χ4v) is 3.92. The quantitative estimate of drug-likeness (QED) is 0.625. The fraction of sp³-hybridized carbons (Fsp3) is 0.346. The number of pyridine rings is 1. The first-order valence-corrected chi connectivity index (χ1v) is 10.3. The number of benzene rings is 2. The van der Waals surface area contributed by atoms with Crippen molar-refractivity contribution in [1.82, 2.24) is 4.57 Å². The summed E-state index contributed by atoms with van der Waals surface area (Å²) in [5.74, 6) is -0.227. The molecule has 4 heteroatoms. The summed E-state index contributed by atoms with van der Waals surface area (Å²) in [7, 11) is 0. The Bertz CT molecular complexity index is 1130. The number of aromatic nitrogens is 1. The van der Waals surface area contributed by atoms with E-state index in [1.54, 1.807) is 26.0 Å². The first-order valence-electron chi connectivity index (χ1n) is 10.3. The van der Waals surface area contributed by atoms with Crippen molar-refractivity contribution in [1.29, 1.82) is 0 Å². The number of aryl methyl sites for hydroxylation is 4. The first kappa shape index (κ1) is 22.0. The summed E-state index contributed by atoms with van der Waals surface area (Å²) in [6.45, 7) is 11.2. The van der Waals surface area contributed by atoms with E-state index in [0.29, 0.717) is 18.4 Å². The number of nitrogens with zero attached hydrogens (tertiary/aromatic N) is 1. The SMILES string of the molecule is CCc1cn(-c2cc(C(C)(C)O)ccc2Cc2c(C)cc(F)cc2C)cc(C)c1=O. The van der Waals surface area contributed by atoms with Gasteiger partial charge in [-0.15, -0.1) is 0 Å². The number of rotatable bonds is 5. The van der Waals surface area contributed by atoms with Crippen LogP contribution in [0.4, 0.5) is 4.39 Å². The summed E-state index contributed by atoms with van der Waals surface area (Å²) in [5.41, 5.74) is 6.18. The number of halogens is 1. The Balaban J connectivity index is 2.23. The topological polar surface area (TPSA) is 42.2 Å². The standard InChI is InChI=1S/C26H30FNO2/c1-7-19-15-28(14-18(4)25(19)29)24-13-21(26(5,6)30)9-8-20(24)12-23-16(2)10-22(27)11-17(23)3/h8-11,13-15,30H,7,12H2,1-6H3. The maximum Gasteiger partial charge on any atom is 0.187 e. The Morgan fingerprint density at radius 3 is 2.17 bits per heavy atom. The van der Waals surface area contributed by atoms with Crippen molar-refractivity contribution in [3.8, 4) is 5.69 Å². The number of aliphatic hydroxyl groups is 1. The van der Waals surface area contributed by atoms with Gasteiger partial charge < -0.3 is 9.67 Å². The van der Waals surface area contributed by atoms with Gasteiger partial charge in [-0.05, 0) is 87.1 Å². The lowest BCUT2D eigenvalue weighted by molar-refractivity contribution is 0.0786. The van der Waals surface area contributed by atoms with Crippen LogP contribution in [0.25, 0.3) is 5.69 Å². The summed E-state index contributed by atoms with van der Waals surface area (Å²) >= 11 is 0. The Hall–Kier alpha value is -2.72. The molecule has 0 amide bonds. The van der Waals surface area contributed by atoms with Gasteiger partial charge in [0.05, 0.1) is 5.60 Å². The minimum Gasteiger partial charge on any atom is -0.386 e. The fourth-order valence-electron chi connectivity index (χ4n) is 3.92. The molecule has 0 aliphatic heterocycles. The molecule has 0 saturated carbocycles. The zero-order valence-corrected chi connectivity index (χ0v) is 18.6. The molecule has 0 unspecified atom stereocenters. The maximum absolute atomic E-state index is 13.8. The Morgan fingerprint density at radius 1 is 0.967 bits per heavy atom. The highest BCUT2D eigenvalue weighted by Gasteiger charge is 2.19. The van der Waals surface area contributed by atoms with Gasteiger partial charge in [-0.2, -0.15) is 0 Å². The van der Waals surface area contributed by atoms with Crippen LogP contribution in [0, 0.1) is 26.6 Å². The van der Waals surface area contributed by atoms with E-state index in [1.807, 2.05) is 62.9 Å². The first-order chi connectivity index (χ1) is 14.0. The lowest BCUT2D eigenvalue weighted by atomic mass is 9.91. The van der Waals surface area contributed by atoms with Gasteiger partial charge in [-0.1, -0.05) is 19.1 Å². The van der Waals surface area contributed by atoms with Crippen LogP contribution >= 0.6 is 0 Å². The zero-order chi connectivity index (χ0) is 22.2. The highest BCUT2D eigenvalue weighted by Crippen LogP contribution is 2.28. The highest BCUT2D eigenvalue weighted by molar-refractivity contribution is 5.50. The number of hydrogen-bond acceptors (Lipinski definition) is 2. The van der Waals surface area contributed by atoms with E-state index in [4.69, 9.17) is 0 Å². The van der Waals surface area contributed by atoms with Crippen molar-refractivity contribution >= 4 is 0 Å². The summed E-state index contributed by atoms with van der Waals surface area (Å²) in [5, 5.41) is 10.6. The molecule has 30 heavy (non-hydrogen) atoms. The average molecular weight is 408 g/mol. The van der Waals surface area contributed by atoms with Gasteiger partial charge in [0.25, 0.3) is 0 Å². The predicted molar refractivity (Wildman–Crippen MR) is 120 cm³/mol. The van der Waals surface area contributed by atoms with E-state index >= 15 is 0 Å². The molecule has 0 atom stereocenters. The Kier molecular flexibility index (Phi) is 6.00. The van der Waals surface area contributed by atoms with Crippen LogP contribution in [0.3, 0.4) is 0 Å². The molecule has 0 saturated heterocycles. The van der Waals surface area contributed by atoms with Gasteiger partial charge in [0.2, 0.25) is 0 Å². The minimum atomic E-state index is -0.989. The Labute approximate surface area is 177 Å². The normalized spacial score (nSPS) is 11.7. The summed E-state index contributed by atoms with van der Waals surface area (Å²) in [6.07, 6.45) is 5.01. The minimum absolute atomic E-state index is 0.0687. The molecule has 1 heterocycles. The van der Waals surface area contributed by atoms with Crippen LogP contribution in [0.15, 0.2) is 47.5 Å². The lowest BCUT2D eigenvalue weighted by Gasteiger charge is -2.22. The zero-order valence-electron chi connectivity index (χ0n) is 18.6. The summed E-state index contributed by atoms with van der Waals surface area (Å²) in [6, 6.07) is 9.05. The van der Waals surface area contributed by atoms with Crippen LogP contribution in [0.5, 0.6) is 0 Å². The molecule has 0 aliphatic carbocycles. The van der Waals surface area contributed by atoms with Crippen molar-refractivity contribution in [2.24, 2.45) is 0 Å². The monoisotopic (exact) mass is 407 g/mol. The molecular formula is C26H30FNO2. The van der Waals surface area contributed by atoms with Gasteiger partial charge in [0.15, 0.2) is 5.43 Å². The van der Waals surface area contributed by atoms with Gasteiger partial charge >= 0.3 is 0 Å². The van der Waals surface area contributed by atoms with Crippen molar-refractivity contribution in [3.05, 3.63) is 97.7 Å². The largest absolute Gasteiger partial charge is 0.386 e. The van der Waals surface area contributed by atoms with Crippen LogP contribution in [0.2, 0.25) is 0 Å². The van der Waals surface area contributed by atoms with Crippen molar-refractivity contribution in [3.63, 3.8) is 0 Å². The van der Waals surface area contributed by atoms with E-state index in [9.17, 15) is 14.3 Å². The smallest absolute Gasteiger partial charge is 0.187 e. The molecule has 2 aromatic carbocycles. The van der Waals surface area contributed by atoms with Gasteiger partial charge in [-0.25, -0.2) is 4.39 Å². The van der Waals surface area contributed by atoms with Crippen molar-refractivity contribution < 1.29 is 9.50 Å². The van der Waals surface area contributed by atoms with Crippen molar-refractivity contribution in [2.45, 2.75) is 60.0 Å². The summed E-state index contributed by atoms with van der Waals surface area (Å²) < 4.78 is 15.8. The molecule has 3 aromatic rings. The third-order valence-electron chi connectivity index (χ3n) is 5.76. The molecule has 3 nitrogen and oxygen atoms in total. The number of hydrogen-bond donors (Lipinski definition) is 1. The van der Waals surface area contributed by atoms with Crippen LogP contribution in [-0.2, 0) is 18.4 Å². The van der Waals surface area contributed by atoms with E-state index in [0.717, 1.165) is 39.1 Å². The third kappa shape index (κ3) is 4.39. The molecule has 0 aliphatic rings. The van der Waals surface area contributed by atoms with E-state index in [1.165, 1.54) is 0 Å². The summed E-state index contributed by atoms with van der Waals surface area (Å²) in [4.78, 5) is 12.4. The van der Waals surface area contributed by atoms with Gasteiger partial charge in [0.1, 0.15) is 5.82 Å². The highest BCUT2D eigenvalue weighted by atomic mass is 19.1. The van der Waals surface area contributed by atoms with E-state index in [2.05, 4.69) is 0 Å². The maximum atomic E-state index is 13.8. The lowest BCUT2D eigenvalue weighted by Crippen LogP contribution is -2.18. The molecule has 0 fully saturated rings. The van der Waals surface area contributed by atoms with Crippen LogP contribution in [-0.4, -0.2) is 9.67 Å². The second-order valence-electron chi connectivity index (χ2n) is 8.65. The van der Waals surface area contributed by atoms with Gasteiger partial charge in [-0.3, -0.25) is 4.79 Å². The average Bonchev–Trinajstić information content (AvgIpc) is 2.66. The molecule has 0 spiro atoms. The van der Waals surface area contributed by atoms with E-state index in [-0.39, 0.29) is 11.2 Å². The Morgan fingerprint density at radius 2 is 1.60 bits per heavy atom. The molecular weight excluding hydrogens is 377 g/mol. The van der Waals surface area contributed by atoms with Crippen LogP contribution < -0.4 is 5.43 Å². The molecule has 3 rings (SSSR count). The molecule has 1 N–H and O–H groups in total. The second-order valence-corrected chi connectivity index (χ2v) is 8.65. The van der Waals surface area contributed by atoms with E-state index < -0.39 is 5.60 Å². The molecule has 0 radical (unpaired) electrons. The van der Waals surface area contributed by atoms with Crippen LogP contribution in [0.1, 0.15) is 59.7 Å². The second kappa shape index (κ2) is 8.19.